The summed E-state index contributed by atoms with van der Waals surface area (Å²) >= 11 is 0. The fraction of sp³-hybridized carbons (Fsp3) is 0.571. The van der Waals surface area contributed by atoms with Gasteiger partial charge in [0, 0.05) is 0 Å². The van der Waals surface area contributed by atoms with Crippen molar-refractivity contribution in [3.05, 3.63) is 13.2 Å². The SMILES string of the molecule is C=C.CCCCOC(=O)O. The van der Waals surface area contributed by atoms with Crippen molar-refractivity contribution >= 4 is 6.16 Å². The Labute approximate surface area is 61.3 Å². The number of hydrogen-bond acceptors (Lipinski definition) is 2. The van der Waals surface area contributed by atoms with Gasteiger partial charge in [-0.3, -0.25) is 0 Å². The largest absolute Gasteiger partial charge is 0.505 e. The van der Waals surface area contributed by atoms with E-state index in [2.05, 4.69) is 17.9 Å². The van der Waals surface area contributed by atoms with Gasteiger partial charge in [-0.05, 0) is 6.42 Å². The molecule has 0 radical (unpaired) electrons. The van der Waals surface area contributed by atoms with Crippen LogP contribution >= 0.6 is 0 Å². The molecule has 0 atom stereocenters. The van der Waals surface area contributed by atoms with Crippen LogP contribution in [0.15, 0.2) is 13.2 Å². The molecule has 0 aromatic heterocycles. The highest BCUT2D eigenvalue weighted by Crippen LogP contribution is 1.86. The second kappa shape index (κ2) is 10.9. The molecule has 0 amide bonds. The highest BCUT2D eigenvalue weighted by atomic mass is 16.7. The molecule has 0 saturated carbocycles. The zero-order chi connectivity index (χ0) is 8.41. The minimum Gasteiger partial charge on any atom is -0.450 e. The normalized spacial score (nSPS) is 7.30. The van der Waals surface area contributed by atoms with E-state index in [-0.39, 0.29) is 0 Å². The maximum absolute atomic E-state index is 9.65. The summed E-state index contributed by atoms with van der Waals surface area (Å²) in [7, 11) is 0. The molecule has 0 aliphatic rings. The second-order valence-electron chi connectivity index (χ2n) is 1.47. The van der Waals surface area contributed by atoms with Crippen molar-refractivity contribution < 1.29 is 14.6 Å². The first-order chi connectivity index (χ1) is 4.77. The molecule has 0 bridgehead atoms. The summed E-state index contributed by atoms with van der Waals surface area (Å²) in [6.07, 6.45) is 0.595. The first-order valence-electron chi connectivity index (χ1n) is 3.13. The Bertz CT molecular complexity index is 80.9. The van der Waals surface area contributed by atoms with Gasteiger partial charge in [-0.2, -0.15) is 0 Å². The first kappa shape index (κ1) is 11.8. The topological polar surface area (TPSA) is 46.5 Å². The molecule has 0 aromatic rings. The predicted molar refractivity (Wildman–Crippen MR) is 40.1 cm³/mol. The smallest absolute Gasteiger partial charge is 0.450 e. The van der Waals surface area contributed by atoms with Gasteiger partial charge in [0.2, 0.25) is 0 Å². The number of ether oxygens (including phenoxy) is 1. The van der Waals surface area contributed by atoms with E-state index in [4.69, 9.17) is 5.11 Å². The van der Waals surface area contributed by atoms with Crippen molar-refractivity contribution in [1.29, 1.82) is 0 Å². The minimum atomic E-state index is -1.18. The van der Waals surface area contributed by atoms with Crippen LogP contribution in [0.4, 0.5) is 4.79 Å². The van der Waals surface area contributed by atoms with Crippen molar-refractivity contribution in [3.63, 3.8) is 0 Å². The standard InChI is InChI=1S/C5H10O3.C2H4/c1-2-3-4-8-5(6)7;1-2/h2-4H2,1H3,(H,6,7);1-2H2. The number of unbranched alkanes of at least 4 members (excludes halogenated alkanes) is 1. The third-order valence-electron chi connectivity index (χ3n) is 0.723. The Morgan fingerprint density at radius 3 is 2.40 bits per heavy atom. The van der Waals surface area contributed by atoms with Crippen LogP contribution in [-0.2, 0) is 4.74 Å². The molecule has 3 heteroatoms. The molecule has 0 unspecified atom stereocenters. The second-order valence-corrected chi connectivity index (χ2v) is 1.47. The number of rotatable bonds is 3. The molecule has 0 saturated heterocycles. The van der Waals surface area contributed by atoms with Gasteiger partial charge in [-0.15, -0.1) is 13.2 Å². The highest BCUT2D eigenvalue weighted by molar-refractivity contribution is 5.56. The van der Waals surface area contributed by atoms with Crippen molar-refractivity contribution in [3.8, 4) is 0 Å². The third-order valence-corrected chi connectivity index (χ3v) is 0.723. The zero-order valence-electron chi connectivity index (χ0n) is 6.30. The Morgan fingerprint density at radius 2 is 2.10 bits per heavy atom. The van der Waals surface area contributed by atoms with Crippen LogP contribution in [0, 0.1) is 0 Å². The molecule has 0 spiro atoms. The van der Waals surface area contributed by atoms with Gasteiger partial charge >= 0.3 is 6.16 Å². The van der Waals surface area contributed by atoms with Crippen LogP contribution < -0.4 is 0 Å². The average molecular weight is 146 g/mol. The molecule has 3 nitrogen and oxygen atoms in total. The van der Waals surface area contributed by atoms with Gasteiger partial charge in [0.1, 0.15) is 0 Å². The van der Waals surface area contributed by atoms with Crippen molar-refractivity contribution in [2.45, 2.75) is 19.8 Å². The van der Waals surface area contributed by atoms with Crippen LogP contribution in [0.5, 0.6) is 0 Å². The van der Waals surface area contributed by atoms with E-state index in [1.807, 2.05) is 6.92 Å². The summed E-state index contributed by atoms with van der Waals surface area (Å²) in [6.45, 7) is 8.30. The lowest BCUT2D eigenvalue weighted by Crippen LogP contribution is -2.00. The van der Waals surface area contributed by atoms with E-state index in [1.165, 1.54) is 0 Å². The van der Waals surface area contributed by atoms with Gasteiger partial charge in [0.25, 0.3) is 0 Å². The highest BCUT2D eigenvalue weighted by Gasteiger charge is 1.91. The van der Waals surface area contributed by atoms with E-state index < -0.39 is 6.16 Å². The number of carboxylic acid groups (broad SMARTS) is 1. The fourth-order valence-corrected chi connectivity index (χ4v) is 0.304. The van der Waals surface area contributed by atoms with E-state index >= 15 is 0 Å². The Balaban J connectivity index is 0. The molecule has 0 aromatic carbocycles. The number of carbonyl (C=O) groups is 1. The quantitative estimate of drug-likeness (QED) is 0.377. The van der Waals surface area contributed by atoms with Crippen LogP contribution in [-0.4, -0.2) is 17.9 Å². The monoisotopic (exact) mass is 146 g/mol. The van der Waals surface area contributed by atoms with Crippen molar-refractivity contribution in [2.75, 3.05) is 6.61 Å². The van der Waals surface area contributed by atoms with Crippen LogP contribution in [0.1, 0.15) is 19.8 Å². The fourth-order valence-electron chi connectivity index (χ4n) is 0.304. The van der Waals surface area contributed by atoms with Crippen LogP contribution in [0.25, 0.3) is 0 Å². The summed E-state index contributed by atoms with van der Waals surface area (Å²) in [5, 5.41) is 7.92. The van der Waals surface area contributed by atoms with Gasteiger partial charge in [0.15, 0.2) is 0 Å². The molecule has 0 rings (SSSR count). The average Bonchev–Trinajstić information content (AvgIpc) is 1.92. The lowest BCUT2D eigenvalue weighted by molar-refractivity contribution is 0.0905. The lowest BCUT2D eigenvalue weighted by Gasteiger charge is -1.94. The maximum atomic E-state index is 9.65. The van der Waals surface area contributed by atoms with Crippen LogP contribution in [0.3, 0.4) is 0 Å². The summed E-state index contributed by atoms with van der Waals surface area (Å²) < 4.78 is 4.20. The zero-order valence-corrected chi connectivity index (χ0v) is 6.30. The lowest BCUT2D eigenvalue weighted by atomic mass is 10.4. The summed E-state index contributed by atoms with van der Waals surface area (Å²) in [5.41, 5.74) is 0. The predicted octanol–water partition coefficient (Wildman–Crippen LogP) is 2.28. The van der Waals surface area contributed by atoms with E-state index in [0.717, 1.165) is 12.8 Å². The van der Waals surface area contributed by atoms with Gasteiger partial charge in [-0.25, -0.2) is 4.79 Å². The number of hydrogen-bond donors (Lipinski definition) is 1. The van der Waals surface area contributed by atoms with Gasteiger partial charge in [-0.1, -0.05) is 13.3 Å². The molecule has 0 fully saturated rings. The Kier molecular flexibility index (Phi) is 12.8. The molecule has 10 heavy (non-hydrogen) atoms. The van der Waals surface area contributed by atoms with Crippen LogP contribution in [0.2, 0.25) is 0 Å². The molecule has 1 N–H and O–H groups in total. The van der Waals surface area contributed by atoms with E-state index in [0.29, 0.717) is 6.61 Å². The summed E-state index contributed by atoms with van der Waals surface area (Å²) in [5.74, 6) is 0. The van der Waals surface area contributed by atoms with E-state index in [1.54, 1.807) is 0 Å². The molecular weight excluding hydrogens is 132 g/mol. The maximum Gasteiger partial charge on any atom is 0.505 e. The van der Waals surface area contributed by atoms with Gasteiger partial charge in [0.05, 0.1) is 6.61 Å². The molecule has 0 aliphatic carbocycles. The molecular formula is C7H14O3. The van der Waals surface area contributed by atoms with Crippen molar-refractivity contribution in [1.82, 2.24) is 0 Å². The first-order valence-corrected chi connectivity index (χ1v) is 3.13. The Morgan fingerprint density at radius 1 is 1.60 bits per heavy atom. The third kappa shape index (κ3) is 15.7. The molecule has 0 heterocycles. The van der Waals surface area contributed by atoms with E-state index in [9.17, 15) is 4.79 Å². The van der Waals surface area contributed by atoms with Crippen molar-refractivity contribution in [2.24, 2.45) is 0 Å². The minimum absolute atomic E-state index is 0.325. The Hall–Kier alpha value is -0.990. The molecule has 0 aliphatic heterocycles. The molecule has 60 valence electrons. The summed E-state index contributed by atoms with van der Waals surface area (Å²) in [6, 6.07) is 0. The summed E-state index contributed by atoms with van der Waals surface area (Å²) in [4.78, 5) is 9.65. The van der Waals surface area contributed by atoms with Gasteiger partial charge < -0.3 is 9.84 Å².